The number of carbonyl (C=O) groups excluding carboxylic acids is 1. The first kappa shape index (κ1) is 15.8. The molecule has 1 aromatic heterocycles. The molecule has 1 amide bonds. The lowest BCUT2D eigenvalue weighted by Gasteiger charge is -2.15. The zero-order chi connectivity index (χ0) is 15.2. The molecule has 21 heavy (non-hydrogen) atoms. The number of rotatable bonds is 5. The highest BCUT2D eigenvalue weighted by molar-refractivity contribution is 9.10. The van der Waals surface area contributed by atoms with Crippen molar-refractivity contribution in [1.29, 1.82) is 0 Å². The molecule has 1 unspecified atom stereocenters. The van der Waals surface area contributed by atoms with Crippen LogP contribution < -0.4 is 10.1 Å². The minimum Gasteiger partial charge on any atom is -0.480 e. The number of ether oxygens (including phenoxy) is 1. The van der Waals surface area contributed by atoms with Crippen LogP contribution in [0.5, 0.6) is 5.75 Å². The molecule has 1 atom stereocenters. The van der Waals surface area contributed by atoms with Crippen molar-refractivity contribution in [1.82, 2.24) is 10.3 Å². The molecule has 0 fully saturated rings. The molecule has 0 spiro atoms. The van der Waals surface area contributed by atoms with Crippen molar-refractivity contribution in [2.75, 3.05) is 0 Å². The first-order valence-corrected chi connectivity index (χ1v) is 7.52. The van der Waals surface area contributed by atoms with E-state index in [0.29, 0.717) is 21.8 Å². The van der Waals surface area contributed by atoms with Gasteiger partial charge in [0, 0.05) is 11.2 Å². The largest absolute Gasteiger partial charge is 0.480 e. The van der Waals surface area contributed by atoms with Crippen LogP contribution in [0.25, 0.3) is 0 Å². The number of pyridine rings is 1. The summed E-state index contributed by atoms with van der Waals surface area (Å²) in [4.78, 5) is 16.1. The Bertz CT molecular complexity index is 622. The number of amides is 1. The van der Waals surface area contributed by atoms with Gasteiger partial charge in [0.15, 0.2) is 6.10 Å². The summed E-state index contributed by atoms with van der Waals surface area (Å²) < 4.78 is 6.32. The Labute approximate surface area is 136 Å². The maximum Gasteiger partial charge on any atom is 0.261 e. The molecule has 1 heterocycles. The van der Waals surface area contributed by atoms with Crippen molar-refractivity contribution >= 4 is 33.4 Å². The number of hydrogen-bond donors (Lipinski definition) is 1. The predicted molar refractivity (Wildman–Crippen MR) is 85.3 cm³/mol. The smallest absolute Gasteiger partial charge is 0.261 e. The summed E-state index contributed by atoms with van der Waals surface area (Å²) >= 11 is 9.21. The monoisotopic (exact) mass is 368 g/mol. The fraction of sp³-hybridized carbons (Fsp3) is 0.200. The number of aromatic nitrogens is 1. The van der Waals surface area contributed by atoms with Crippen LogP contribution in [0.2, 0.25) is 5.02 Å². The van der Waals surface area contributed by atoms with Crippen molar-refractivity contribution in [3.05, 3.63) is 57.8 Å². The maximum absolute atomic E-state index is 12.0. The van der Waals surface area contributed by atoms with Crippen LogP contribution in [0.1, 0.15) is 12.6 Å². The van der Waals surface area contributed by atoms with E-state index in [1.165, 1.54) is 0 Å². The Morgan fingerprint density at radius 3 is 2.90 bits per heavy atom. The van der Waals surface area contributed by atoms with Crippen LogP contribution >= 0.6 is 27.5 Å². The van der Waals surface area contributed by atoms with Crippen molar-refractivity contribution in [2.45, 2.75) is 19.6 Å². The Hall–Kier alpha value is -1.59. The third kappa shape index (κ3) is 4.72. The molecular weight excluding hydrogens is 356 g/mol. The molecule has 2 rings (SSSR count). The number of nitrogens with zero attached hydrogens (tertiary/aromatic N) is 1. The van der Waals surface area contributed by atoms with Crippen molar-refractivity contribution in [3.63, 3.8) is 0 Å². The van der Waals surface area contributed by atoms with Gasteiger partial charge in [-0.2, -0.15) is 0 Å². The number of nitrogens with one attached hydrogen (secondary N) is 1. The molecule has 4 nitrogen and oxygen atoms in total. The second kappa shape index (κ2) is 7.43. The van der Waals surface area contributed by atoms with Crippen LogP contribution in [0.4, 0.5) is 0 Å². The highest BCUT2D eigenvalue weighted by Gasteiger charge is 2.15. The zero-order valence-electron chi connectivity index (χ0n) is 11.3. The van der Waals surface area contributed by atoms with Crippen LogP contribution in [0.15, 0.2) is 47.1 Å². The van der Waals surface area contributed by atoms with Gasteiger partial charge in [-0.1, -0.05) is 17.7 Å². The van der Waals surface area contributed by atoms with Crippen molar-refractivity contribution in [2.24, 2.45) is 0 Å². The summed E-state index contributed by atoms with van der Waals surface area (Å²) in [6.07, 6.45) is 1.07. The molecule has 0 aliphatic rings. The van der Waals surface area contributed by atoms with Gasteiger partial charge in [0.2, 0.25) is 0 Å². The summed E-state index contributed by atoms with van der Waals surface area (Å²) in [7, 11) is 0. The summed E-state index contributed by atoms with van der Waals surface area (Å²) in [5.74, 6) is 0.363. The minimum absolute atomic E-state index is 0.206. The fourth-order valence-corrected chi connectivity index (χ4v) is 2.41. The average molecular weight is 370 g/mol. The van der Waals surface area contributed by atoms with E-state index in [2.05, 4.69) is 26.2 Å². The standard InChI is InChI=1S/C15H14BrClN2O2/c1-10(21-14-6-5-11(17)8-13(14)16)15(20)19-9-12-4-2-3-7-18-12/h2-8,10H,9H2,1H3,(H,19,20). The molecule has 110 valence electrons. The van der Waals surface area contributed by atoms with Gasteiger partial charge in [0.1, 0.15) is 5.75 Å². The van der Waals surface area contributed by atoms with E-state index in [1.807, 2.05) is 18.2 Å². The van der Waals surface area contributed by atoms with E-state index in [9.17, 15) is 4.79 Å². The van der Waals surface area contributed by atoms with Gasteiger partial charge in [0.25, 0.3) is 5.91 Å². The van der Waals surface area contributed by atoms with Crippen LogP contribution in [0.3, 0.4) is 0 Å². The van der Waals surface area contributed by atoms with Gasteiger partial charge in [-0.15, -0.1) is 0 Å². The molecular formula is C15H14BrClN2O2. The minimum atomic E-state index is -0.619. The van der Waals surface area contributed by atoms with Crippen LogP contribution in [-0.2, 0) is 11.3 Å². The van der Waals surface area contributed by atoms with Crippen LogP contribution in [-0.4, -0.2) is 17.0 Å². The molecule has 1 N–H and O–H groups in total. The van der Waals surface area contributed by atoms with Gasteiger partial charge in [-0.3, -0.25) is 9.78 Å². The van der Waals surface area contributed by atoms with E-state index in [4.69, 9.17) is 16.3 Å². The topological polar surface area (TPSA) is 51.2 Å². The van der Waals surface area contributed by atoms with Crippen molar-refractivity contribution in [3.8, 4) is 5.75 Å². The van der Waals surface area contributed by atoms with Crippen molar-refractivity contribution < 1.29 is 9.53 Å². The van der Waals surface area contributed by atoms with Gasteiger partial charge in [-0.25, -0.2) is 0 Å². The first-order chi connectivity index (χ1) is 10.1. The lowest BCUT2D eigenvalue weighted by molar-refractivity contribution is -0.127. The molecule has 0 radical (unpaired) electrons. The lowest BCUT2D eigenvalue weighted by Crippen LogP contribution is -2.36. The van der Waals surface area contributed by atoms with Gasteiger partial charge in [-0.05, 0) is 53.2 Å². The highest BCUT2D eigenvalue weighted by atomic mass is 79.9. The summed E-state index contributed by atoms with van der Waals surface area (Å²) in [6.45, 7) is 2.06. The molecule has 0 bridgehead atoms. The predicted octanol–water partition coefficient (Wildman–Crippen LogP) is 3.58. The highest BCUT2D eigenvalue weighted by Crippen LogP contribution is 2.28. The normalized spacial score (nSPS) is 11.8. The maximum atomic E-state index is 12.0. The number of halogens is 2. The number of benzene rings is 1. The Kier molecular flexibility index (Phi) is 5.59. The molecule has 6 heteroatoms. The van der Waals surface area contributed by atoms with Gasteiger partial charge < -0.3 is 10.1 Å². The molecule has 2 aromatic rings. The molecule has 1 aromatic carbocycles. The second-order valence-corrected chi connectivity index (χ2v) is 5.66. The van der Waals surface area contributed by atoms with Gasteiger partial charge >= 0.3 is 0 Å². The van der Waals surface area contributed by atoms with Crippen LogP contribution in [0, 0.1) is 0 Å². The third-order valence-electron chi connectivity index (χ3n) is 2.74. The van der Waals surface area contributed by atoms with Gasteiger partial charge in [0.05, 0.1) is 16.7 Å². The molecule has 0 saturated carbocycles. The first-order valence-electron chi connectivity index (χ1n) is 6.35. The second-order valence-electron chi connectivity index (χ2n) is 4.37. The Morgan fingerprint density at radius 1 is 1.43 bits per heavy atom. The SMILES string of the molecule is CC(Oc1ccc(Cl)cc1Br)C(=O)NCc1ccccn1. The fourth-order valence-electron chi connectivity index (χ4n) is 1.64. The van der Waals surface area contributed by atoms with E-state index in [1.54, 1.807) is 31.3 Å². The van der Waals surface area contributed by atoms with E-state index in [-0.39, 0.29) is 5.91 Å². The Morgan fingerprint density at radius 2 is 2.24 bits per heavy atom. The summed E-state index contributed by atoms with van der Waals surface area (Å²) in [6, 6.07) is 10.7. The average Bonchev–Trinajstić information content (AvgIpc) is 2.48. The molecule has 0 aliphatic heterocycles. The van der Waals surface area contributed by atoms with E-state index < -0.39 is 6.10 Å². The third-order valence-corrected chi connectivity index (χ3v) is 3.59. The number of hydrogen-bond acceptors (Lipinski definition) is 3. The van der Waals surface area contributed by atoms with E-state index >= 15 is 0 Å². The van der Waals surface area contributed by atoms with E-state index in [0.717, 1.165) is 5.69 Å². The zero-order valence-corrected chi connectivity index (χ0v) is 13.7. The quantitative estimate of drug-likeness (QED) is 0.876. The molecule has 0 aliphatic carbocycles. The Balaban J connectivity index is 1.90. The number of carbonyl (C=O) groups is 1. The molecule has 0 saturated heterocycles. The summed E-state index contributed by atoms with van der Waals surface area (Å²) in [5.41, 5.74) is 0.797. The summed E-state index contributed by atoms with van der Waals surface area (Å²) in [5, 5.41) is 3.38. The lowest BCUT2D eigenvalue weighted by atomic mass is 10.3.